The van der Waals surface area contributed by atoms with E-state index in [9.17, 15) is 9.59 Å². The molecule has 0 heterocycles. The minimum absolute atomic E-state index is 0.0387. The van der Waals surface area contributed by atoms with Crippen molar-refractivity contribution in [3.63, 3.8) is 0 Å². The molecule has 0 aromatic carbocycles. The van der Waals surface area contributed by atoms with E-state index in [2.05, 4.69) is 19.9 Å². The molecule has 0 aromatic heterocycles. The smallest absolute Gasteiger partial charge is 0.302 e. The van der Waals surface area contributed by atoms with Crippen molar-refractivity contribution in [3.05, 3.63) is 11.6 Å². The second-order valence-corrected chi connectivity index (χ2v) is 10.3. The number of allylic oxidation sites excluding steroid dienone is 1. The van der Waals surface area contributed by atoms with E-state index in [1.807, 2.05) is 0 Å². The number of esters is 2. The van der Waals surface area contributed by atoms with Crippen LogP contribution in [0, 0.1) is 28.6 Å². The van der Waals surface area contributed by atoms with E-state index in [-0.39, 0.29) is 35.0 Å². The molecule has 0 spiro atoms. The zero-order chi connectivity index (χ0) is 21.5. The van der Waals surface area contributed by atoms with E-state index in [0.29, 0.717) is 24.4 Å². The van der Waals surface area contributed by atoms with Crippen molar-refractivity contribution in [2.24, 2.45) is 28.6 Å². The maximum absolute atomic E-state index is 11.7. The minimum atomic E-state index is -0.186. The highest BCUT2D eigenvalue weighted by Crippen LogP contribution is 2.65. The van der Waals surface area contributed by atoms with E-state index in [1.54, 1.807) is 0 Å². The Hall–Kier alpha value is -1.36. The average Bonchev–Trinajstić information content (AvgIpc) is 3.02. The molecule has 0 radical (unpaired) electrons. The topological polar surface area (TPSA) is 61.8 Å². The van der Waals surface area contributed by atoms with Gasteiger partial charge in [0.2, 0.25) is 0 Å². The first-order chi connectivity index (χ1) is 14.3. The van der Waals surface area contributed by atoms with Crippen molar-refractivity contribution in [3.8, 4) is 0 Å². The van der Waals surface area contributed by atoms with Crippen LogP contribution in [0.5, 0.6) is 0 Å². The van der Waals surface area contributed by atoms with Gasteiger partial charge in [0, 0.05) is 31.3 Å². The summed E-state index contributed by atoms with van der Waals surface area (Å²) in [5, 5.41) is 0. The Morgan fingerprint density at radius 3 is 2.57 bits per heavy atom. The third-order valence-corrected chi connectivity index (χ3v) is 8.94. The molecule has 0 aliphatic heterocycles. The fourth-order valence-corrected chi connectivity index (χ4v) is 7.65. The SMILES string of the molecule is CCO[C@H]1CC[C@@]2(COC(C)=O)C(=CC[C@@H]3[C@@H]2CC[C@]2(C)[C@@H](OC(C)=O)CC[C@@H]32)C1. The van der Waals surface area contributed by atoms with Crippen LogP contribution in [0.3, 0.4) is 0 Å². The Balaban J connectivity index is 1.62. The number of carbonyl (C=O) groups is 2. The van der Waals surface area contributed by atoms with Gasteiger partial charge in [-0.3, -0.25) is 9.59 Å². The minimum Gasteiger partial charge on any atom is -0.465 e. The fraction of sp³-hybridized carbons (Fsp3) is 0.840. The van der Waals surface area contributed by atoms with Gasteiger partial charge in [0.1, 0.15) is 12.7 Å². The van der Waals surface area contributed by atoms with Gasteiger partial charge in [-0.1, -0.05) is 18.6 Å². The molecule has 4 aliphatic rings. The highest BCUT2D eigenvalue weighted by Gasteiger charge is 2.61. The molecule has 5 nitrogen and oxygen atoms in total. The van der Waals surface area contributed by atoms with Crippen LogP contribution in [0.1, 0.15) is 79.1 Å². The quantitative estimate of drug-likeness (QED) is 0.473. The van der Waals surface area contributed by atoms with Crippen LogP contribution >= 0.6 is 0 Å². The van der Waals surface area contributed by atoms with Gasteiger partial charge in [-0.25, -0.2) is 0 Å². The summed E-state index contributed by atoms with van der Waals surface area (Å²) in [4.78, 5) is 23.4. The first kappa shape index (κ1) is 21.9. The van der Waals surface area contributed by atoms with Crippen LogP contribution in [-0.2, 0) is 23.8 Å². The van der Waals surface area contributed by atoms with E-state index in [0.717, 1.165) is 58.0 Å². The Morgan fingerprint density at radius 2 is 1.87 bits per heavy atom. The number of fused-ring (bicyclic) bond motifs is 5. The molecule has 4 aliphatic carbocycles. The second-order valence-electron chi connectivity index (χ2n) is 10.3. The summed E-state index contributed by atoms with van der Waals surface area (Å²) in [7, 11) is 0. The molecule has 5 heteroatoms. The maximum atomic E-state index is 11.7. The molecular weight excluding hydrogens is 380 g/mol. The lowest BCUT2D eigenvalue weighted by Crippen LogP contribution is -2.54. The van der Waals surface area contributed by atoms with Gasteiger partial charge >= 0.3 is 11.9 Å². The summed E-state index contributed by atoms with van der Waals surface area (Å²) in [6.07, 6.45) is 11.2. The van der Waals surface area contributed by atoms with Crippen molar-refractivity contribution < 1.29 is 23.8 Å². The van der Waals surface area contributed by atoms with Crippen LogP contribution in [0.25, 0.3) is 0 Å². The predicted molar refractivity (Wildman–Crippen MR) is 114 cm³/mol. The molecular formula is C25H38O5. The summed E-state index contributed by atoms with van der Waals surface area (Å²) in [6.45, 7) is 8.71. The molecule has 0 aromatic rings. The number of ether oxygens (including phenoxy) is 3. The zero-order valence-corrected chi connectivity index (χ0v) is 19.1. The van der Waals surface area contributed by atoms with Crippen molar-refractivity contribution in [1.29, 1.82) is 0 Å². The predicted octanol–water partition coefficient (Wildman–Crippen LogP) is 4.83. The molecule has 7 atom stereocenters. The lowest BCUT2D eigenvalue weighted by atomic mass is 9.47. The van der Waals surface area contributed by atoms with Gasteiger partial charge in [0.15, 0.2) is 0 Å². The number of hydrogen-bond donors (Lipinski definition) is 0. The summed E-state index contributed by atoms with van der Waals surface area (Å²) < 4.78 is 17.5. The Bertz CT molecular complexity index is 714. The largest absolute Gasteiger partial charge is 0.465 e. The number of carbonyl (C=O) groups excluding carboxylic acids is 2. The lowest BCUT2D eigenvalue weighted by Gasteiger charge is -2.58. The number of hydrogen-bond acceptors (Lipinski definition) is 5. The van der Waals surface area contributed by atoms with Gasteiger partial charge in [-0.2, -0.15) is 0 Å². The van der Waals surface area contributed by atoms with Gasteiger partial charge < -0.3 is 14.2 Å². The second kappa shape index (κ2) is 8.29. The van der Waals surface area contributed by atoms with Gasteiger partial charge in [-0.15, -0.1) is 0 Å². The molecule has 3 saturated carbocycles. The lowest BCUT2D eigenvalue weighted by molar-refractivity contribution is -0.159. The molecule has 168 valence electrons. The number of rotatable bonds is 5. The molecule has 0 amide bonds. The average molecular weight is 419 g/mol. The van der Waals surface area contributed by atoms with E-state index in [4.69, 9.17) is 14.2 Å². The summed E-state index contributed by atoms with van der Waals surface area (Å²) in [5.41, 5.74) is 1.50. The molecule has 30 heavy (non-hydrogen) atoms. The first-order valence-electron chi connectivity index (χ1n) is 11.9. The molecule has 3 fully saturated rings. The van der Waals surface area contributed by atoms with Crippen molar-refractivity contribution in [2.75, 3.05) is 13.2 Å². The molecule has 0 unspecified atom stereocenters. The zero-order valence-electron chi connectivity index (χ0n) is 19.1. The third-order valence-electron chi connectivity index (χ3n) is 8.94. The Labute approximate surface area is 180 Å². The van der Waals surface area contributed by atoms with Crippen molar-refractivity contribution in [2.45, 2.75) is 91.3 Å². The molecule has 0 saturated heterocycles. The third kappa shape index (κ3) is 3.61. The van der Waals surface area contributed by atoms with Crippen molar-refractivity contribution >= 4 is 11.9 Å². The summed E-state index contributed by atoms with van der Waals surface area (Å²) in [6, 6.07) is 0. The summed E-state index contributed by atoms with van der Waals surface area (Å²) >= 11 is 0. The van der Waals surface area contributed by atoms with Crippen LogP contribution in [0.4, 0.5) is 0 Å². The summed E-state index contributed by atoms with van der Waals surface area (Å²) in [5.74, 6) is 1.34. The Kier molecular flexibility index (Phi) is 6.04. The van der Waals surface area contributed by atoms with Gasteiger partial charge in [0.05, 0.1) is 6.10 Å². The normalized spacial score (nSPS) is 42.4. The molecule has 0 bridgehead atoms. The van der Waals surface area contributed by atoms with E-state index < -0.39 is 0 Å². The van der Waals surface area contributed by atoms with Crippen molar-refractivity contribution in [1.82, 2.24) is 0 Å². The monoisotopic (exact) mass is 418 g/mol. The van der Waals surface area contributed by atoms with Crippen LogP contribution in [0.15, 0.2) is 11.6 Å². The Morgan fingerprint density at radius 1 is 1.07 bits per heavy atom. The van der Waals surface area contributed by atoms with Gasteiger partial charge in [-0.05, 0) is 76.0 Å². The molecule has 0 N–H and O–H groups in total. The first-order valence-corrected chi connectivity index (χ1v) is 11.9. The molecule has 4 rings (SSSR count). The highest BCUT2D eigenvalue weighted by atomic mass is 16.5. The van der Waals surface area contributed by atoms with E-state index >= 15 is 0 Å². The van der Waals surface area contributed by atoms with Crippen LogP contribution < -0.4 is 0 Å². The van der Waals surface area contributed by atoms with E-state index in [1.165, 1.54) is 19.4 Å². The maximum Gasteiger partial charge on any atom is 0.302 e. The fourth-order valence-electron chi connectivity index (χ4n) is 7.65. The van der Waals surface area contributed by atoms with Crippen LogP contribution in [0.2, 0.25) is 0 Å². The van der Waals surface area contributed by atoms with Crippen LogP contribution in [-0.4, -0.2) is 37.4 Å². The highest BCUT2D eigenvalue weighted by molar-refractivity contribution is 5.66. The standard InChI is InChI=1S/C25H38O5/c1-5-28-19-10-13-25(15-29-16(2)26)18(14-19)6-7-20-21-8-9-23(30-17(3)27)24(21,4)12-11-22(20)25/h6,19-23H,5,7-15H2,1-4H3/t19-,20-,21-,22-,23-,24-,25+/m0/s1. The van der Waals surface area contributed by atoms with Gasteiger partial charge in [0.25, 0.3) is 0 Å².